The minimum absolute atomic E-state index is 0.793. The standard InChI is InChI=1S/C20H15NS3/c21-16-9-6-14(7-10-16)5-8-15-13-19(17-3-1-11-22-17)24-20(15)18-4-2-12-23-18/h1-13H,21H2. The maximum atomic E-state index is 5.76. The van der Waals surface area contributed by atoms with Crippen LogP contribution in [0.3, 0.4) is 0 Å². The molecule has 0 saturated heterocycles. The summed E-state index contributed by atoms with van der Waals surface area (Å²) in [6.07, 6.45) is 4.35. The van der Waals surface area contributed by atoms with Crippen molar-refractivity contribution in [1.82, 2.24) is 0 Å². The summed E-state index contributed by atoms with van der Waals surface area (Å²) in [5, 5.41) is 4.26. The van der Waals surface area contributed by atoms with Crippen molar-refractivity contribution >= 4 is 51.8 Å². The van der Waals surface area contributed by atoms with E-state index in [9.17, 15) is 0 Å². The van der Waals surface area contributed by atoms with Crippen molar-refractivity contribution in [3.05, 3.63) is 76.5 Å². The van der Waals surface area contributed by atoms with E-state index in [4.69, 9.17) is 5.73 Å². The lowest BCUT2D eigenvalue weighted by Gasteiger charge is -1.97. The van der Waals surface area contributed by atoms with E-state index in [1.807, 2.05) is 35.6 Å². The molecular weight excluding hydrogens is 350 g/mol. The van der Waals surface area contributed by atoms with Crippen LogP contribution in [-0.4, -0.2) is 0 Å². The zero-order chi connectivity index (χ0) is 16.4. The van der Waals surface area contributed by atoms with Gasteiger partial charge in [-0.25, -0.2) is 0 Å². The Hall–Kier alpha value is -2.14. The van der Waals surface area contributed by atoms with Crippen LogP contribution < -0.4 is 5.73 Å². The lowest BCUT2D eigenvalue weighted by atomic mass is 10.1. The van der Waals surface area contributed by atoms with E-state index < -0.39 is 0 Å². The Bertz CT molecular complexity index is 943. The fraction of sp³-hybridized carbons (Fsp3) is 0. The van der Waals surface area contributed by atoms with Crippen LogP contribution in [-0.2, 0) is 0 Å². The number of hydrogen-bond acceptors (Lipinski definition) is 4. The molecule has 0 aliphatic heterocycles. The van der Waals surface area contributed by atoms with Crippen LogP contribution in [0.25, 0.3) is 31.7 Å². The fourth-order valence-electron chi connectivity index (χ4n) is 2.46. The molecule has 0 amide bonds. The first-order valence-corrected chi connectivity index (χ1v) is 10.1. The average molecular weight is 366 g/mol. The third kappa shape index (κ3) is 3.22. The molecule has 1 nitrogen and oxygen atoms in total. The Balaban J connectivity index is 1.74. The van der Waals surface area contributed by atoms with E-state index in [0.29, 0.717) is 0 Å². The Morgan fingerprint density at radius 2 is 1.46 bits per heavy atom. The highest BCUT2D eigenvalue weighted by Crippen LogP contribution is 2.42. The van der Waals surface area contributed by atoms with E-state index >= 15 is 0 Å². The van der Waals surface area contributed by atoms with Gasteiger partial charge >= 0.3 is 0 Å². The van der Waals surface area contributed by atoms with E-state index in [2.05, 4.69) is 53.2 Å². The van der Waals surface area contributed by atoms with E-state index in [0.717, 1.165) is 11.3 Å². The maximum Gasteiger partial charge on any atom is 0.0521 e. The summed E-state index contributed by atoms with van der Waals surface area (Å²) >= 11 is 5.44. The molecule has 2 N–H and O–H groups in total. The molecule has 0 saturated carbocycles. The summed E-state index contributed by atoms with van der Waals surface area (Å²) in [7, 11) is 0. The second kappa shape index (κ2) is 6.77. The smallest absolute Gasteiger partial charge is 0.0521 e. The molecule has 0 aliphatic rings. The van der Waals surface area contributed by atoms with Crippen molar-refractivity contribution < 1.29 is 0 Å². The van der Waals surface area contributed by atoms with Gasteiger partial charge in [0.25, 0.3) is 0 Å². The van der Waals surface area contributed by atoms with Gasteiger partial charge in [0.1, 0.15) is 0 Å². The number of nitrogen functional groups attached to an aromatic ring is 1. The molecule has 3 aromatic heterocycles. The van der Waals surface area contributed by atoms with Crippen LogP contribution in [0.1, 0.15) is 11.1 Å². The largest absolute Gasteiger partial charge is 0.399 e. The second-order valence-corrected chi connectivity index (χ2v) is 8.30. The summed E-state index contributed by atoms with van der Waals surface area (Å²) in [5.41, 5.74) is 8.98. The molecule has 0 bridgehead atoms. The minimum atomic E-state index is 0.793. The van der Waals surface area contributed by atoms with E-state index in [1.54, 1.807) is 22.7 Å². The zero-order valence-electron chi connectivity index (χ0n) is 12.8. The first kappa shape index (κ1) is 15.4. The number of nitrogens with two attached hydrogens (primary N) is 1. The van der Waals surface area contributed by atoms with Gasteiger partial charge in [-0.1, -0.05) is 36.4 Å². The summed E-state index contributed by atoms with van der Waals surface area (Å²) < 4.78 is 0. The zero-order valence-corrected chi connectivity index (χ0v) is 15.3. The molecule has 0 radical (unpaired) electrons. The fourth-order valence-corrected chi connectivity index (χ4v) is 5.31. The quantitative estimate of drug-likeness (QED) is 0.389. The molecule has 0 aliphatic carbocycles. The van der Waals surface area contributed by atoms with Gasteiger partial charge in [0.2, 0.25) is 0 Å². The van der Waals surface area contributed by atoms with Gasteiger partial charge in [0, 0.05) is 20.3 Å². The molecular formula is C20H15NS3. The van der Waals surface area contributed by atoms with Crippen molar-refractivity contribution in [2.24, 2.45) is 0 Å². The van der Waals surface area contributed by atoms with Crippen LogP contribution in [0, 0.1) is 0 Å². The Kier molecular flexibility index (Phi) is 4.34. The Morgan fingerprint density at radius 3 is 2.12 bits per heavy atom. The second-order valence-electron chi connectivity index (χ2n) is 5.35. The lowest BCUT2D eigenvalue weighted by molar-refractivity contribution is 1.65. The molecule has 4 heteroatoms. The third-order valence-electron chi connectivity index (χ3n) is 3.66. The van der Waals surface area contributed by atoms with E-state index in [-0.39, 0.29) is 0 Å². The summed E-state index contributed by atoms with van der Waals surface area (Å²) in [6.45, 7) is 0. The molecule has 0 fully saturated rings. The number of thiophene rings is 3. The van der Waals surface area contributed by atoms with Crippen molar-refractivity contribution in [3.8, 4) is 19.5 Å². The van der Waals surface area contributed by atoms with Crippen LogP contribution in [0.5, 0.6) is 0 Å². The van der Waals surface area contributed by atoms with Gasteiger partial charge in [-0.3, -0.25) is 0 Å². The number of hydrogen-bond donors (Lipinski definition) is 1. The predicted octanol–water partition coefficient (Wildman–Crippen LogP) is 6.96. The van der Waals surface area contributed by atoms with Crippen LogP contribution in [0.15, 0.2) is 65.4 Å². The highest BCUT2D eigenvalue weighted by molar-refractivity contribution is 7.26. The first-order valence-electron chi connectivity index (χ1n) is 7.55. The summed E-state index contributed by atoms with van der Waals surface area (Å²) in [6, 6.07) is 18.8. The molecule has 0 atom stereocenters. The molecule has 4 rings (SSSR count). The molecule has 0 unspecified atom stereocenters. The highest BCUT2D eigenvalue weighted by Gasteiger charge is 2.12. The number of anilines is 1. The topological polar surface area (TPSA) is 26.0 Å². The summed E-state index contributed by atoms with van der Waals surface area (Å²) in [5.74, 6) is 0. The normalized spacial score (nSPS) is 11.3. The van der Waals surface area contributed by atoms with E-state index in [1.165, 1.54) is 25.1 Å². The number of benzene rings is 1. The SMILES string of the molecule is Nc1ccc(C=Cc2cc(-c3cccs3)sc2-c2cccs2)cc1. The van der Waals surface area contributed by atoms with Crippen molar-refractivity contribution in [2.75, 3.05) is 5.73 Å². The van der Waals surface area contributed by atoms with Gasteiger partial charge in [0.05, 0.1) is 4.88 Å². The molecule has 118 valence electrons. The molecule has 1 aromatic carbocycles. The third-order valence-corrected chi connectivity index (χ3v) is 6.93. The first-order chi connectivity index (χ1) is 11.8. The van der Waals surface area contributed by atoms with Crippen LogP contribution in [0.4, 0.5) is 5.69 Å². The Morgan fingerprint density at radius 1 is 0.750 bits per heavy atom. The minimum Gasteiger partial charge on any atom is -0.399 e. The predicted molar refractivity (Wildman–Crippen MR) is 111 cm³/mol. The van der Waals surface area contributed by atoms with Gasteiger partial charge in [-0.05, 0) is 52.2 Å². The van der Waals surface area contributed by atoms with Crippen molar-refractivity contribution in [3.63, 3.8) is 0 Å². The highest BCUT2D eigenvalue weighted by atomic mass is 32.1. The van der Waals surface area contributed by atoms with Gasteiger partial charge in [-0.2, -0.15) is 0 Å². The molecule has 24 heavy (non-hydrogen) atoms. The average Bonchev–Trinajstić information content (AvgIpc) is 3.34. The number of rotatable bonds is 4. The molecule has 3 heterocycles. The van der Waals surface area contributed by atoms with Gasteiger partial charge in [0.15, 0.2) is 0 Å². The van der Waals surface area contributed by atoms with Gasteiger partial charge in [-0.15, -0.1) is 34.0 Å². The molecule has 4 aromatic rings. The van der Waals surface area contributed by atoms with Crippen LogP contribution in [0.2, 0.25) is 0 Å². The Labute approximate surface area is 153 Å². The monoisotopic (exact) mass is 365 g/mol. The van der Waals surface area contributed by atoms with Gasteiger partial charge < -0.3 is 5.73 Å². The van der Waals surface area contributed by atoms with Crippen molar-refractivity contribution in [1.29, 1.82) is 0 Å². The summed E-state index contributed by atoms with van der Waals surface area (Å²) in [4.78, 5) is 5.30. The van der Waals surface area contributed by atoms with Crippen LogP contribution >= 0.6 is 34.0 Å². The van der Waals surface area contributed by atoms with Crippen molar-refractivity contribution in [2.45, 2.75) is 0 Å². The maximum absolute atomic E-state index is 5.76. The lowest BCUT2D eigenvalue weighted by Crippen LogP contribution is -1.82. The molecule has 0 spiro atoms.